The number of ether oxygens (including phenoxy) is 1. The molecule has 30 heavy (non-hydrogen) atoms. The van der Waals surface area contributed by atoms with Crippen molar-refractivity contribution in [3.63, 3.8) is 0 Å². The standard InChI is InChI=1S/C24H24FN3O2/c1-7-8-21(19(5)16(2)9-10-17(3)25)24(29)27-20-11-12-22(23(13-20)30-6)28-14-18(4)26-15-28/h7-15H,1-3,5H2,4,6H3,(H,27,29)/b10-9-,21-8+. The van der Waals surface area contributed by atoms with Gasteiger partial charge in [0.2, 0.25) is 0 Å². The van der Waals surface area contributed by atoms with Gasteiger partial charge in [0, 0.05) is 23.5 Å². The first-order valence-electron chi connectivity index (χ1n) is 9.01. The Morgan fingerprint density at radius 3 is 2.57 bits per heavy atom. The van der Waals surface area contributed by atoms with Crippen molar-refractivity contribution in [1.29, 1.82) is 0 Å². The molecule has 0 spiro atoms. The van der Waals surface area contributed by atoms with E-state index in [1.54, 1.807) is 25.6 Å². The number of nitrogens with zero attached hydrogens (tertiary/aromatic N) is 2. The van der Waals surface area contributed by atoms with Crippen molar-refractivity contribution in [3.05, 3.63) is 110 Å². The Hall–Kier alpha value is -3.93. The van der Waals surface area contributed by atoms with Gasteiger partial charge >= 0.3 is 0 Å². The van der Waals surface area contributed by atoms with Gasteiger partial charge in [0.15, 0.2) is 0 Å². The van der Waals surface area contributed by atoms with Crippen molar-refractivity contribution in [2.24, 2.45) is 0 Å². The van der Waals surface area contributed by atoms with Crippen LogP contribution in [0.3, 0.4) is 0 Å². The lowest BCUT2D eigenvalue weighted by Crippen LogP contribution is -2.16. The summed E-state index contributed by atoms with van der Waals surface area (Å²) in [6, 6.07) is 5.27. The summed E-state index contributed by atoms with van der Waals surface area (Å²) in [6.45, 7) is 16.4. The molecular weight excluding hydrogens is 381 g/mol. The van der Waals surface area contributed by atoms with Crippen LogP contribution >= 0.6 is 0 Å². The predicted octanol–water partition coefficient (Wildman–Crippen LogP) is 5.39. The summed E-state index contributed by atoms with van der Waals surface area (Å²) >= 11 is 0. The number of benzene rings is 1. The average Bonchev–Trinajstić information content (AvgIpc) is 3.15. The average molecular weight is 405 g/mol. The number of anilines is 1. The predicted molar refractivity (Wildman–Crippen MR) is 119 cm³/mol. The fourth-order valence-corrected chi connectivity index (χ4v) is 2.62. The Bertz CT molecular complexity index is 1070. The first-order valence-corrected chi connectivity index (χ1v) is 9.01. The van der Waals surface area contributed by atoms with Crippen LogP contribution < -0.4 is 10.1 Å². The Balaban J connectivity index is 2.26. The molecule has 5 nitrogen and oxygen atoms in total. The van der Waals surface area contributed by atoms with Gasteiger partial charge in [-0.2, -0.15) is 0 Å². The van der Waals surface area contributed by atoms with E-state index in [0.29, 0.717) is 22.6 Å². The van der Waals surface area contributed by atoms with Gasteiger partial charge in [0.25, 0.3) is 5.91 Å². The molecule has 0 saturated heterocycles. The summed E-state index contributed by atoms with van der Waals surface area (Å²) in [5.74, 6) is -0.475. The van der Waals surface area contributed by atoms with E-state index in [1.165, 1.54) is 18.2 Å². The normalized spacial score (nSPS) is 11.2. The SMILES string of the molecule is C=C/C=C(\C(=C)C(=C)/C=C\C(=C)F)C(=O)Nc1ccc(-n2cnc(C)c2)c(OC)c1. The van der Waals surface area contributed by atoms with E-state index >= 15 is 0 Å². The highest BCUT2D eigenvalue weighted by atomic mass is 19.1. The zero-order valence-corrected chi connectivity index (χ0v) is 17.1. The van der Waals surface area contributed by atoms with Gasteiger partial charge in [0.05, 0.1) is 24.8 Å². The maximum atomic E-state index is 12.9. The van der Waals surface area contributed by atoms with E-state index in [0.717, 1.165) is 17.5 Å². The minimum absolute atomic E-state index is 0.248. The number of aryl methyl sites for hydroxylation is 1. The van der Waals surface area contributed by atoms with Gasteiger partial charge in [-0.05, 0) is 42.4 Å². The minimum atomic E-state index is -0.622. The van der Waals surface area contributed by atoms with Crippen LogP contribution in [0.5, 0.6) is 5.75 Å². The number of hydrogen-bond acceptors (Lipinski definition) is 3. The summed E-state index contributed by atoms with van der Waals surface area (Å²) < 4.78 is 20.2. The lowest BCUT2D eigenvalue weighted by molar-refractivity contribution is -0.112. The van der Waals surface area contributed by atoms with Gasteiger partial charge in [0.1, 0.15) is 11.6 Å². The minimum Gasteiger partial charge on any atom is -0.494 e. The van der Waals surface area contributed by atoms with E-state index in [2.05, 4.69) is 36.6 Å². The first kappa shape index (κ1) is 22.4. The topological polar surface area (TPSA) is 56.2 Å². The summed E-state index contributed by atoms with van der Waals surface area (Å²) in [5.41, 5.74) is 3.14. The monoisotopic (exact) mass is 405 g/mol. The van der Waals surface area contributed by atoms with Crippen LogP contribution in [0.1, 0.15) is 5.69 Å². The molecule has 1 aromatic heterocycles. The highest BCUT2D eigenvalue weighted by Crippen LogP contribution is 2.28. The van der Waals surface area contributed by atoms with E-state index in [4.69, 9.17) is 4.74 Å². The molecule has 0 aliphatic heterocycles. The van der Waals surface area contributed by atoms with E-state index < -0.39 is 11.7 Å². The van der Waals surface area contributed by atoms with Gasteiger partial charge in [-0.1, -0.05) is 38.5 Å². The Labute approximate surface area is 175 Å². The maximum absolute atomic E-state index is 12.9. The van der Waals surface area contributed by atoms with Crippen molar-refractivity contribution in [2.45, 2.75) is 6.92 Å². The number of methoxy groups -OCH3 is 1. The molecule has 1 N–H and O–H groups in total. The molecule has 0 atom stereocenters. The second-order valence-electron chi connectivity index (χ2n) is 6.36. The molecule has 154 valence electrons. The molecular formula is C24H24FN3O2. The van der Waals surface area contributed by atoms with Gasteiger partial charge in [-0.25, -0.2) is 9.37 Å². The third-order valence-electron chi connectivity index (χ3n) is 4.13. The molecule has 1 amide bonds. The summed E-state index contributed by atoms with van der Waals surface area (Å²) in [4.78, 5) is 17.1. The van der Waals surface area contributed by atoms with Crippen LogP contribution in [0.15, 0.2) is 104 Å². The Kier molecular flexibility index (Phi) is 7.47. The molecule has 1 aromatic carbocycles. The van der Waals surface area contributed by atoms with Crippen molar-refractivity contribution >= 4 is 11.6 Å². The van der Waals surface area contributed by atoms with E-state index in [-0.39, 0.29) is 5.57 Å². The Morgan fingerprint density at radius 1 is 1.27 bits per heavy atom. The molecule has 0 radical (unpaired) electrons. The number of aromatic nitrogens is 2. The number of amides is 1. The third-order valence-corrected chi connectivity index (χ3v) is 4.13. The molecule has 0 saturated carbocycles. The van der Waals surface area contributed by atoms with Gasteiger partial charge in [-0.3, -0.25) is 4.79 Å². The lowest BCUT2D eigenvalue weighted by Gasteiger charge is -2.14. The van der Waals surface area contributed by atoms with E-state index in [9.17, 15) is 9.18 Å². The smallest absolute Gasteiger partial charge is 0.256 e. The maximum Gasteiger partial charge on any atom is 0.256 e. The molecule has 6 heteroatoms. The van der Waals surface area contributed by atoms with Crippen molar-refractivity contribution in [1.82, 2.24) is 9.55 Å². The second-order valence-corrected chi connectivity index (χ2v) is 6.36. The number of nitrogens with one attached hydrogen (secondary N) is 1. The quantitative estimate of drug-likeness (QED) is 0.449. The van der Waals surface area contributed by atoms with Crippen LogP contribution in [0.25, 0.3) is 5.69 Å². The second kappa shape index (κ2) is 10.0. The lowest BCUT2D eigenvalue weighted by atomic mass is 9.99. The third kappa shape index (κ3) is 5.54. The number of halogens is 1. The molecule has 1 heterocycles. The highest BCUT2D eigenvalue weighted by Gasteiger charge is 2.15. The fraction of sp³-hybridized carbons (Fsp3) is 0.0833. The van der Waals surface area contributed by atoms with E-state index in [1.807, 2.05) is 23.8 Å². The van der Waals surface area contributed by atoms with Crippen LogP contribution in [0.4, 0.5) is 10.1 Å². The number of allylic oxidation sites excluding steroid dienone is 6. The van der Waals surface area contributed by atoms with Crippen LogP contribution in [0, 0.1) is 6.92 Å². The zero-order chi connectivity index (χ0) is 22.3. The van der Waals surface area contributed by atoms with Crippen molar-refractivity contribution in [2.75, 3.05) is 12.4 Å². The summed E-state index contributed by atoms with van der Waals surface area (Å²) in [5, 5.41) is 2.81. The molecule has 0 aliphatic rings. The molecule has 2 rings (SSSR count). The highest BCUT2D eigenvalue weighted by molar-refractivity contribution is 6.08. The largest absolute Gasteiger partial charge is 0.494 e. The Morgan fingerprint density at radius 2 is 2.00 bits per heavy atom. The molecule has 0 bridgehead atoms. The summed E-state index contributed by atoms with van der Waals surface area (Å²) in [6.07, 6.45) is 9.09. The molecule has 0 unspecified atom stereocenters. The van der Waals surface area contributed by atoms with Gasteiger partial charge in [-0.15, -0.1) is 0 Å². The first-order chi connectivity index (χ1) is 14.3. The number of imidazole rings is 1. The number of carbonyl (C=O) groups is 1. The van der Waals surface area contributed by atoms with Gasteiger partial charge < -0.3 is 14.6 Å². The van der Waals surface area contributed by atoms with Crippen LogP contribution in [0.2, 0.25) is 0 Å². The molecule has 0 fully saturated rings. The number of hydrogen-bond donors (Lipinski definition) is 1. The fourth-order valence-electron chi connectivity index (χ4n) is 2.62. The van der Waals surface area contributed by atoms with Crippen molar-refractivity contribution < 1.29 is 13.9 Å². The summed E-state index contributed by atoms with van der Waals surface area (Å²) in [7, 11) is 1.55. The van der Waals surface area contributed by atoms with Crippen LogP contribution in [-0.2, 0) is 4.79 Å². The number of rotatable bonds is 9. The molecule has 2 aromatic rings. The zero-order valence-electron chi connectivity index (χ0n) is 17.1. The molecule has 0 aliphatic carbocycles. The number of carbonyl (C=O) groups excluding carboxylic acids is 1. The van der Waals surface area contributed by atoms with Crippen molar-refractivity contribution in [3.8, 4) is 11.4 Å². The van der Waals surface area contributed by atoms with Crippen LogP contribution in [-0.4, -0.2) is 22.6 Å².